The molecule has 5 nitrogen and oxygen atoms in total. The molecule has 2 N–H and O–H groups in total. The molecule has 1 unspecified atom stereocenters. The molecule has 0 aliphatic carbocycles. The van der Waals surface area contributed by atoms with Crippen LogP contribution in [-0.4, -0.2) is 30.4 Å². The normalized spacial score (nSPS) is 12.2. The minimum Gasteiger partial charge on any atom is -0.493 e. The van der Waals surface area contributed by atoms with Crippen molar-refractivity contribution in [2.45, 2.75) is 26.4 Å². The van der Waals surface area contributed by atoms with E-state index in [0.29, 0.717) is 11.5 Å². The Morgan fingerprint density at radius 1 is 1.36 bits per heavy atom. The summed E-state index contributed by atoms with van der Waals surface area (Å²) in [6, 6.07) is 6.06. The number of nitrogens with one attached hydrogen (secondary N) is 1. The van der Waals surface area contributed by atoms with Crippen molar-refractivity contribution in [3.05, 3.63) is 39.8 Å². The van der Waals surface area contributed by atoms with Crippen LogP contribution < -0.4 is 14.8 Å². The van der Waals surface area contributed by atoms with Crippen molar-refractivity contribution < 1.29 is 14.6 Å². The second kappa shape index (κ2) is 8.12. The van der Waals surface area contributed by atoms with E-state index in [4.69, 9.17) is 14.6 Å². The second-order valence-corrected chi connectivity index (χ2v) is 6.21. The largest absolute Gasteiger partial charge is 0.493 e. The Morgan fingerprint density at radius 2 is 2.18 bits per heavy atom. The van der Waals surface area contributed by atoms with E-state index < -0.39 is 0 Å². The molecule has 2 rings (SSSR count). The standard InChI is InChI=1S/C16H22N2O3S/c1-11(16-10-18-12(2)22-16)17-9-13-4-5-14(21-7-6-19)15(8-13)20-3/h4-5,8,10-11,17,19H,6-7,9H2,1-3H3. The van der Waals surface area contributed by atoms with Gasteiger partial charge in [0.15, 0.2) is 11.5 Å². The van der Waals surface area contributed by atoms with Crippen molar-refractivity contribution in [1.29, 1.82) is 0 Å². The zero-order chi connectivity index (χ0) is 15.9. The van der Waals surface area contributed by atoms with E-state index in [1.807, 2.05) is 31.3 Å². The molecule has 0 saturated carbocycles. The highest BCUT2D eigenvalue weighted by molar-refractivity contribution is 7.11. The maximum atomic E-state index is 8.82. The van der Waals surface area contributed by atoms with E-state index in [2.05, 4.69) is 17.2 Å². The molecule has 0 aliphatic rings. The molecule has 0 spiro atoms. The molecule has 0 saturated heterocycles. The molecule has 1 atom stereocenters. The maximum Gasteiger partial charge on any atom is 0.161 e. The van der Waals surface area contributed by atoms with Crippen LogP contribution in [0.4, 0.5) is 0 Å². The van der Waals surface area contributed by atoms with Gasteiger partial charge in [-0.1, -0.05) is 6.07 Å². The summed E-state index contributed by atoms with van der Waals surface area (Å²) in [5.41, 5.74) is 1.11. The number of aryl methyl sites for hydroxylation is 1. The quantitative estimate of drug-likeness (QED) is 0.782. The summed E-state index contributed by atoms with van der Waals surface area (Å²) in [5.74, 6) is 1.32. The van der Waals surface area contributed by atoms with Gasteiger partial charge in [-0.25, -0.2) is 4.98 Å². The highest BCUT2D eigenvalue weighted by atomic mass is 32.1. The van der Waals surface area contributed by atoms with Crippen LogP contribution in [0.1, 0.15) is 28.4 Å². The molecule has 2 aromatic rings. The average molecular weight is 322 g/mol. The number of nitrogens with zero attached hydrogens (tertiary/aromatic N) is 1. The highest BCUT2D eigenvalue weighted by Gasteiger charge is 2.10. The van der Waals surface area contributed by atoms with Crippen LogP contribution in [0.15, 0.2) is 24.4 Å². The van der Waals surface area contributed by atoms with E-state index in [9.17, 15) is 0 Å². The fourth-order valence-corrected chi connectivity index (χ4v) is 2.86. The van der Waals surface area contributed by atoms with Crippen LogP contribution in [-0.2, 0) is 6.54 Å². The van der Waals surface area contributed by atoms with Crippen LogP contribution in [0.3, 0.4) is 0 Å². The van der Waals surface area contributed by atoms with Crippen LogP contribution in [0, 0.1) is 6.92 Å². The van der Waals surface area contributed by atoms with Crippen LogP contribution in [0.25, 0.3) is 0 Å². The molecule has 1 aromatic carbocycles. The first-order valence-corrected chi connectivity index (χ1v) is 8.02. The van der Waals surface area contributed by atoms with Gasteiger partial charge in [-0.15, -0.1) is 11.3 Å². The molecule has 0 aliphatic heterocycles. The third-order valence-electron chi connectivity index (χ3n) is 3.26. The molecule has 22 heavy (non-hydrogen) atoms. The van der Waals surface area contributed by atoms with Gasteiger partial charge in [-0.2, -0.15) is 0 Å². The number of aliphatic hydroxyl groups excluding tert-OH is 1. The van der Waals surface area contributed by atoms with Crippen LogP contribution in [0.5, 0.6) is 11.5 Å². The minimum absolute atomic E-state index is 0.0156. The van der Waals surface area contributed by atoms with Gasteiger partial charge in [0, 0.05) is 23.7 Å². The molecule has 0 amide bonds. The predicted octanol–water partition coefficient (Wildman–Crippen LogP) is 2.68. The Balaban J connectivity index is 1.97. The van der Waals surface area contributed by atoms with Crippen molar-refractivity contribution in [1.82, 2.24) is 10.3 Å². The van der Waals surface area contributed by atoms with E-state index >= 15 is 0 Å². The van der Waals surface area contributed by atoms with E-state index in [-0.39, 0.29) is 19.3 Å². The first kappa shape index (κ1) is 16.7. The fourth-order valence-electron chi connectivity index (χ4n) is 2.05. The lowest BCUT2D eigenvalue weighted by atomic mass is 10.2. The maximum absolute atomic E-state index is 8.82. The van der Waals surface area contributed by atoms with Gasteiger partial charge in [-0.3, -0.25) is 0 Å². The number of hydrogen-bond acceptors (Lipinski definition) is 6. The molecular formula is C16H22N2O3S. The SMILES string of the molecule is COc1cc(CNC(C)c2cnc(C)s2)ccc1OCCO. The first-order valence-electron chi connectivity index (χ1n) is 7.20. The zero-order valence-electron chi connectivity index (χ0n) is 13.1. The lowest BCUT2D eigenvalue weighted by Gasteiger charge is -2.14. The van der Waals surface area contributed by atoms with Crippen LogP contribution >= 0.6 is 11.3 Å². The molecule has 120 valence electrons. The summed E-state index contributed by atoms with van der Waals surface area (Å²) in [6.45, 7) is 5.11. The molecule has 6 heteroatoms. The number of aromatic nitrogens is 1. The number of ether oxygens (including phenoxy) is 2. The van der Waals surface area contributed by atoms with Crippen molar-refractivity contribution in [2.24, 2.45) is 0 Å². The molecule has 1 aromatic heterocycles. The van der Waals surface area contributed by atoms with Gasteiger partial charge in [0.1, 0.15) is 6.61 Å². The number of thiazole rings is 1. The number of benzene rings is 1. The van der Waals surface area contributed by atoms with E-state index in [1.165, 1.54) is 4.88 Å². The van der Waals surface area contributed by atoms with E-state index in [0.717, 1.165) is 17.1 Å². The molecule has 1 heterocycles. The summed E-state index contributed by atoms with van der Waals surface area (Å²) >= 11 is 1.71. The third kappa shape index (κ3) is 4.43. The Bertz CT molecular complexity index is 601. The average Bonchev–Trinajstić information content (AvgIpc) is 2.97. The van der Waals surface area contributed by atoms with Crippen molar-refractivity contribution in [3.8, 4) is 11.5 Å². The summed E-state index contributed by atoms with van der Waals surface area (Å²) < 4.78 is 10.8. The zero-order valence-corrected chi connectivity index (χ0v) is 13.9. The second-order valence-electron chi connectivity index (χ2n) is 4.94. The summed E-state index contributed by atoms with van der Waals surface area (Å²) in [5, 5.41) is 13.4. The molecule has 0 bridgehead atoms. The van der Waals surface area contributed by atoms with Gasteiger partial charge >= 0.3 is 0 Å². The monoisotopic (exact) mass is 322 g/mol. The van der Waals surface area contributed by atoms with E-state index in [1.54, 1.807) is 18.4 Å². The summed E-state index contributed by atoms with van der Waals surface area (Å²) in [6.07, 6.45) is 1.92. The highest BCUT2D eigenvalue weighted by Crippen LogP contribution is 2.28. The number of rotatable bonds is 8. The first-order chi connectivity index (χ1) is 10.6. The van der Waals surface area contributed by atoms with Crippen molar-refractivity contribution in [2.75, 3.05) is 20.3 Å². The topological polar surface area (TPSA) is 63.6 Å². The van der Waals surface area contributed by atoms with Gasteiger partial charge < -0.3 is 19.9 Å². The lowest BCUT2D eigenvalue weighted by Crippen LogP contribution is -2.17. The van der Waals surface area contributed by atoms with Gasteiger partial charge in [0.05, 0.1) is 18.7 Å². The smallest absolute Gasteiger partial charge is 0.161 e. The Morgan fingerprint density at radius 3 is 2.82 bits per heavy atom. The van der Waals surface area contributed by atoms with Gasteiger partial charge in [0.2, 0.25) is 0 Å². The van der Waals surface area contributed by atoms with Crippen LogP contribution in [0.2, 0.25) is 0 Å². The fraction of sp³-hybridized carbons (Fsp3) is 0.438. The molecule has 0 fully saturated rings. The third-order valence-corrected chi connectivity index (χ3v) is 4.35. The summed E-state index contributed by atoms with van der Waals surface area (Å²) in [4.78, 5) is 5.51. The number of aliphatic hydroxyl groups is 1. The number of methoxy groups -OCH3 is 1. The van der Waals surface area contributed by atoms with Crippen molar-refractivity contribution >= 4 is 11.3 Å². The Kier molecular flexibility index (Phi) is 6.18. The predicted molar refractivity (Wildman–Crippen MR) is 87.7 cm³/mol. The molecular weight excluding hydrogens is 300 g/mol. The minimum atomic E-state index is -0.0156. The lowest BCUT2D eigenvalue weighted by molar-refractivity contribution is 0.196. The Hall–Kier alpha value is -1.63. The molecule has 0 radical (unpaired) electrons. The van der Waals surface area contributed by atoms with Crippen molar-refractivity contribution in [3.63, 3.8) is 0 Å². The van der Waals surface area contributed by atoms with Gasteiger partial charge in [-0.05, 0) is 31.5 Å². The summed E-state index contributed by atoms with van der Waals surface area (Å²) in [7, 11) is 1.61. The number of hydrogen-bond donors (Lipinski definition) is 2. The van der Waals surface area contributed by atoms with Gasteiger partial charge in [0.25, 0.3) is 0 Å². The Labute approximate surface area is 134 Å².